The molecule has 7 heteroatoms. The van der Waals surface area contributed by atoms with Gasteiger partial charge >= 0.3 is 0 Å². The first-order chi connectivity index (χ1) is 13.0. The highest BCUT2D eigenvalue weighted by Gasteiger charge is 2.74. The Morgan fingerprint density at radius 2 is 2.07 bits per heavy atom. The van der Waals surface area contributed by atoms with Crippen LogP contribution >= 0.6 is 0 Å². The molecule has 4 aliphatic rings. The summed E-state index contributed by atoms with van der Waals surface area (Å²) < 4.78 is 5.08. The van der Waals surface area contributed by atoms with Gasteiger partial charge in [-0.15, -0.1) is 0 Å². The Balaban J connectivity index is 1.69. The third-order valence-corrected chi connectivity index (χ3v) is 6.76. The molecule has 142 valence electrons. The summed E-state index contributed by atoms with van der Waals surface area (Å²) >= 11 is 0. The molecule has 27 heavy (non-hydrogen) atoms. The van der Waals surface area contributed by atoms with Crippen LogP contribution in [0.2, 0.25) is 0 Å². The highest BCUT2D eigenvalue weighted by atomic mass is 16.5. The quantitative estimate of drug-likeness (QED) is 0.800. The maximum Gasteiger partial charge on any atom is 0.250 e. The molecule has 4 atom stereocenters. The number of amides is 3. The monoisotopic (exact) mass is 369 g/mol. The number of hydrogen-bond donors (Lipinski definition) is 1. The van der Waals surface area contributed by atoms with Crippen LogP contribution in [0.25, 0.3) is 0 Å². The largest absolute Gasteiger partial charge is 0.383 e. The molecule has 0 bridgehead atoms. The molecule has 1 aromatic rings. The number of hydrogen-bond acceptors (Lipinski definition) is 5. The van der Waals surface area contributed by atoms with Crippen molar-refractivity contribution in [3.63, 3.8) is 0 Å². The summed E-state index contributed by atoms with van der Waals surface area (Å²) in [4.78, 5) is 43.4. The van der Waals surface area contributed by atoms with Gasteiger partial charge in [-0.1, -0.05) is 17.7 Å². The van der Waals surface area contributed by atoms with E-state index < -0.39 is 17.4 Å². The van der Waals surface area contributed by atoms with Gasteiger partial charge in [0, 0.05) is 24.4 Å². The maximum atomic E-state index is 13.4. The van der Waals surface area contributed by atoms with Crippen molar-refractivity contribution in [1.29, 1.82) is 0 Å². The van der Waals surface area contributed by atoms with Crippen LogP contribution in [0.5, 0.6) is 0 Å². The first kappa shape index (κ1) is 16.9. The molecule has 3 fully saturated rings. The maximum absolute atomic E-state index is 13.4. The van der Waals surface area contributed by atoms with E-state index in [9.17, 15) is 14.4 Å². The van der Waals surface area contributed by atoms with Crippen molar-refractivity contribution in [3.8, 4) is 0 Å². The fourth-order valence-electron chi connectivity index (χ4n) is 5.78. The Morgan fingerprint density at radius 3 is 2.85 bits per heavy atom. The standard InChI is InChI=1S/C20H23N3O4/c1-11-5-6-13-12(10-11)20(19(26)21-13)16-15(14-4-3-7-23(14)20)17(24)22(18(16)25)8-9-27-2/h5-6,10,14-16H,3-4,7-9H2,1-2H3,(H,21,26)/t14-,15+,16-,20-/m0/s1. The number of anilines is 1. The second-order valence-corrected chi connectivity index (χ2v) is 8.00. The molecule has 3 saturated heterocycles. The number of nitrogens with zero attached hydrogens (tertiary/aromatic N) is 2. The van der Waals surface area contributed by atoms with Gasteiger partial charge in [-0.3, -0.25) is 24.2 Å². The summed E-state index contributed by atoms with van der Waals surface area (Å²) in [5.41, 5.74) is 1.58. The van der Waals surface area contributed by atoms with Gasteiger partial charge in [0.05, 0.1) is 25.0 Å². The van der Waals surface area contributed by atoms with Crippen LogP contribution < -0.4 is 5.32 Å². The molecule has 1 aromatic carbocycles. The SMILES string of the molecule is COCCN1C(=O)[C@H]2[C@@H](C1=O)[C@@]1(C(=O)Nc3ccc(C)cc31)N1CCC[C@@H]21. The minimum Gasteiger partial charge on any atom is -0.383 e. The van der Waals surface area contributed by atoms with Crippen LogP contribution in [0.15, 0.2) is 18.2 Å². The molecule has 0 radical (unpaired) electrons. The number of benzene rings is 1. The summed E-state index contributed by atoms with van der Waals surface area (Å²) in [7, 11) is 1.55. The lowest BCUT2D eigenvalue weighted by atomic mass is 9.75. The molecular formula is C20H23N3O4. The van der Waals surface area contributed by atoms with E-state index in [1.54, 1.807) is 7.11 Å². The third kappa shape index (κ3) is 1.91. The van der Waals surface area contributed by atoms with Gasteiger partial charge in [-0.25, -0.2) is 0 Å². The molecule has 4 aliphatic heterocycles. The fraction of sp³-hybridized carbons (Fsp3) is 0.550. The molecule has 3 amide bonds. The molecule has 0 aliphatic carbocycles. The predicted molar refractivity (Wildman–Crippen MR) is 96.8 cm³/mol. The van der Waals surface area contributed by atoms with Gasteiger partial charge in [0.15, 0.2) is 0 Å². The van der Waals surface area contributed by atoms with Gasteiger partial charge < -0.3 is 10.1 Å². The number of nitrogens with one attached hydrogen (secondary N) is 1. The molecule has 0 saturated carbocycles. The van der Waals surface area contributed by atoms with Crippen LogP contribution in [0.4, 0.5) is 5.69 Å². The molecule has 4 heterocycles. The molecular weight excluding hydrogens is 346 g/mol. The molecule has 7 nitrogen and oxygen atoms in total. The number of aryl methyl sites for hydroxylation is 1. The average molecular weight is 369 g/mol. The van der Waals surface area contributed by atoms with Gasteiger partial charge in [0.25, 0.3) is 0 Å². The number of likely N-dealkylation sites (tertiary alicyclic amines) is 1. The molecule has 1 N–H and O–H groups in total. The number of rotatable bonds is 3. The fourth-order valence-corrected chi connectivity index (χ4v) is 5.78. The van der Waals surface area contributed by atoms with E-state index in [0.717, 1.165) is 36.2 Å². The van der Waals surface area contributed by atoms with E-state index in [-0.39, 0.29) is 30.3 Å². The second kappa shape index (κ2) is 5.62. The van der Waals surface area contributed by atoms with E-state index in [1.807, 2.05) is 25.1 Å². The van der Waals surface area contributed by atoms with E-state index in [2.05, 4.69) is 10.2 Å². The average Bonchev–Trinajstić information content (AvgIpc) is 3.33. The zero-order valence-electron chi connectivity index (χ0n) is 15.5. The smallest absolute Gasteiger partial charge is 0.250 e. The molecule has 0 unspecified atom stereocenters. The number of ether oxygens (including phenoxy) is 1. The Kier molecular flexibility index (Phi) is 3.52. The van der Waals surface area contributed by atoms with Crippen molar-refractivity contribution in [1.82, 2.24) is 9.80 Å². The lowest BCUT2D eigenvalue weighted by Crippen LogP contribution is -2.54. The minimum absolute atomic E-state index is 0.0591. The van der Waals surface area contributed by atoms with Crippen LogP contribution in [0.1, 0.15) is 24.0 Å². The summed E-state index contributed by atoms with van der Waals surface area (Å²) in [5, 5.41) is 2.99. The Morgan fingerprint density at radius 1 is 1.26 bits per heavy atom. The van der Waals surface area contributed by atoms with Crippen molar-refractivity contribution in [3.05, 3.63) is 29.3 Å². The zero-order chi connectivity index (χ0) is 18.9. The number of carbonyl (C=O) groups is 3. The Hall–Kier alpha value is -2.25. The predicted octanol–water partition coefficient (Wildman–Crippen LogP) is 0.868. The molecule has 1 spiro atoms. The number of fused-ring (bicyclic) bond motifs is 7. The summed E-state index contributed by atoms with van der Waals surface area (Å²) in [6, 6.07) is 5.80. The topological polar surface area (TPSA) is 78.9 Å². The highest BCUT2D eigenvalue weighted by Crippen LogP contribution is 2.60. The van der Waals surface area contributed by atoms with E-state index in [0.29, 0.717) is 6.61 Å². The van der Waals surface area contributed by atoms with Crippen molar-refractivity contribution in [2.75, 3.05) is 32.1 Å². The van der Waals surface area contributed by atoms with E-state index >= 15 is 0 Å². The summed E-state index contributed by atoms with van der Waals surface area (Å²) in [5.74, 6) is -1.66. The van der Waals surface area contributed by atoms with Gasteiger partial charge in [-0.2, -0.15) is 0 Å². The van der Waals surface area contributed by atoms with Crippen molar-refractivity contribution in [2.45, 2.75) is 31.3 Å². The van der Waals surface area contributed by atoms with Crippen LogP contribution in [-0.4, -0.2) is 60.4 Å². The normalized spacial score (nSPS) is 34.4. The van der Waals surface area contributed by atoms with Gasteiger partial charge in [0.1, 0.15) is 5.54 Å². The van der Waals surface area contributed by atoms with Crippen LogP contribution in [0, 0.1) is 18.8 Å². The number of methoxy groups -OCH3 is 1. The van der Waals surface area contributed by atoms with E-state index in [4.69, 9.17) is 4.74 Å². The first-order valence-electron chi connectivity index (χ1n) is 9.55. The van der Waals surface area contributed by atoms with Crippen molar-refractivity contribution >= 4 is 23.4 Å². The zero-order valence-corrected chi connectivity index (χ0v) is 15.5. The molecule has 5 rings (SSSR count). The van der Waals surface area contributed by atoms with Crippen LogP contribution in [-0.2, 0) is 24.7 Å². The Bertz CT molecular complexity index is 869. The lowest BCUT2D eigenvalue weighted by Gasteiger charge is -2.36. The minimum atomic E-state index is -1.07. The van der Waals surface area contributed by atoms with Gasteiger partial charge in [0.2, 0.25) is 17.7 Å². The number of imide groups is 1. The van der Waals surface area contributed by atoms with Gasteiger partial charge in [-0.05, 0) is 32.4 Å². The molecule has 0 aromatic heterocycles. The highest BCUT2D eigenvalue weighted by molar-refractivity contribution is 6.15. The van der Waals surface area contributed by atoms with Crippen LogP contribution in [0.3, 0.4) is 0 Å². The number of carbonyl (C=O) groups excluding carboxylic acids is 3. The third-order valence-electron chi connectivity index (χ3n) is 6.76. The van der Waals surface area contributed by atoms with E-state index in [1.165, 1.54) is 4.90 Å². The van der Waals surface area contributed by atoms with Crippen molar-refractivity contribution in [2.24, 2.45) is 11.8 Å². The van der Waals surface area contributed by atoms with Crippen molar-refractivity contribution < 1.29 is 19.1 Å². The summed E-state index contributed by atoms with van der Waals surface area (Å²) in [6.45, 7) is 3.26. The second-order valence-electron chi connectivity index (χ2n) is 8.00. The Labute approximate surface area is 157 Å². The first-order valence-corrected chi connectivity index (χ1v) is 9.55. The lowest BCUT2D eigenvalue weighted by molar-refractivity contribution is -0.146. The summed E-state index contributed by atoms with van der Waals surface area (Å²) in [6.07, 6.45) is 1.78.